The predicted octanol–water partition coefficient (Wildman–Crippen LogP) is 6.47. The first-order valence-corrected chi connectivity index (χ1v) is 15.2. The number of thiazole rings is 1. The molecular formula is C36H28ClN3OS. The second-order valence-electron chi connectivity index (χ2n) is 10.6. The summed E-state index contributed by atoms with van der Waals surface area (Å²) < 4.78 is 2.55. The van der Waals surface area contributed by atoms with Crippen molar-refractivity contribution < 1.29 is 0 Å². The summed E-state index contributed by atoms with van der Waals surface area (Å²) in [6.45, 7) is 2.30. The van der Waals surface area contributed by atoms with Gasteiger partial charge >= 0.3 is 0 Å². The largest absolute Gasteiger partial charge is 0.291 e. The maximum Gasteiger partial charge on any atom is 0.271 e. The van der Waals surface area contributed by atoms with E-state index in [9.17, 15) is 4.79 Å². The lowest BCUT2D eigenvalue weighted by Crippen LogP contribution is -2.43. The van der Waals surface area contributed by atoms with Gasteiger partial charge in [-0.3, -0.25) is 14.3 Å². The Morgan fingerprint density at radius 3 is 2.14 bits per heavy atom. The Kier molecular flexibility index (Phi) is 7.30. The lowest BCUT2D eigenvalue weighted by Gasteiger charge is -2.37. The maximum atomic E-state index is 14.1. The molecule has 2 aliphatic rings. The van der Waals surface area contributed by atoms with Crippen LogP contribution in [0.4, 0.5) is 0 Å². The molecule has 0 aliphatic carbocycles. The minimum Gasteiger partial charge on any atom is -0.291 e. The number of aromatic nitrogens is 1. The van der Waals surface area contributed by atoms with E-state index in [0.717, 1.165) is 58.0 Å². The van der Waals surface area contributed by atoms with Gasteiger partial charge in [-0.2, -0.15) is 0 Å². The van der Waals surface area contributed by atoms with Crippen LogP contribution in [0.15, 0.2) is 142 Å². The smallest absolute Gasteiger partial charge is 0.271 e. The van der Waals surface area contributed by atoms with Crippen molar-refractivity contribution in [1.29, 1.82) is 0 Å². The molecule has 4 nitrogen and oxygen atoms in total. The van der Waals surface area contributed by atoms with Crippen LogP contribution in [0.5, 0.6) is 0 Å². The molecule has 3 heterocycles. The fourth-order valence-corrected chi connectivity index (χ4v) is 6.94. The van der Waals surface area contributed by atoms with Crippen molar-refractivity contribution in [2.75, 3.05) is 13.1 Å². The van der Waals surface area contributed by atoms with Gasteiger partial charge in [-0.1, -0.05) is 126 Å². The molecule has 0 saturated carbocycles. The number of fused-ring (bicyclic) bond motifs is 1. The summed E-state index contributed by atoms with van der Waals surface area (Å²) in [5.41, 5.74) is 7.70. The lowest BCUT2D eigenvalue weighted by atomic mass is 9.89. The first kappa shape index (κ1) is 26.6. The van der Waals surface area contributed by atoms with Crippen molar-refractivity contribution in [1.82, 2.24) is 9.47 Å². The van der Waals surface area contributed by atoms with Crippen LogP contribution in [0.3, 0.4) is 0 Å². The summed E-state index contributed by atoms with van der Waals surface area (Å²) in [5, 5.41) is 0.670. The minimum atomic E-state index is -0.248. The molecule has 7 rings (SSSR count). The van der Waals surface area contributed by atoms with E-state index in [-0.39, 0.29) is 11.6 Å². The molecule has 0 radical (unpaired) electrons. The zero-order valence-electron chi connectivity index (χ0n) is 22.9. The quantitative estimate of drug-likeness (QED) is 0.237. The minimum absolute atomic E-state index is 0.0251. The molecule has 206 valence electrons. The zero-order chi connectivity index (χ0) is 28.5. The summed E-state index contributed by atoms with van der Waals surface area (Å²) in [5.74, 6) is 0. The van der Waals surface area contributed by atoms with Crippen molar-refractivity contribution >= 4 is 35.1 Å². The van der Waals surface area contributed by atoms with Gasteiger partial charge < -0.3 is 0 Å². The Labute approximate surface area is 253 Å². The molecule has 0 fully saturated rings. The molecule has 0 bridgehead atoms. The molecule has 42 heavy (non-hydrogen) atoms. The van der Waals surface area contributed by atoms with E-state index in [1.807, 2.05) is 59.2 Å². The third-order valence-corrected chi connectivity index (χ3v) is 8.94. The highest BCUT2D eigenvalue weighted by molar-refractivity contribution is 7.07. The molecule has 0 spiro atoms. The fourth-order valence-electron chi connectivity index (χ4n) is 5.81. The second kappa shape index (κ2) is 11.5. The van der Waals surface area contributed by atoms with E-state index in [1.54, 1.807) is 0 Å². The Bertz CT molecular complexity index is 1980. The third-order valence-electron chi connectivity index (χ3n) is 7.70. The van der Waals surface area contributed by atoms with E-state index in [0.29, 0.717) is 9.55 Å². The Balaban J connectivity index is 1.42. The summed E-state index contributed by atoms with van der Waals surface area (Å²) in [6, 6.07) is 38.6. The van der Waals surface area contributed by atoms with Gasteiger partial charge in [-0.05, 0) is 57.7 Å². The Hall–Kier alpha value is -4.29. The van der Waals surface area contributed by atoms with E-state index in [4.69, 9.17) is 16.6 Å². The van der Waals surface area contributed by atoms with Gasteiger partial charge in [-0.25, -0.2) is 4.99 Å². The number of rotatable bonds is 5. The molecule has 6 heteroatoms. The van der Waals surface area contributed by atoms with Crippen molar-refractivity contribution in [2.24, 2.45) is 4.99 Å². The first-order chi connectivity index (χ1) is 20.6. The number of benzene rings is 4. The molecule has 1 aromatic heterocycles. The summed E-state index contributed by atoms with van der Waals surface area (Å²) in [6.07, 6.45) is 4.19. The predicted molar refractivity (Wildman–Crippen MR) is 172 cm³/mol. The van der Waals surface area contributed by atoms with Gasteiger partial charge in [0.05, 0.1) is 16.3 Å². The first-order valence-electron chi connectivity index (χ1n) is 14.0. The highest BCUT2D eigenvalue weighted by Crippen LogP contribution is 2.37. The van der Waals surface area contributed by atoms with Gasteiger partial charge in [0.1, 0.15) is 0 Å². The average Bonchev–Trinajstić information content (AvgIpc) is 3.33. The van der Waals surface area contributed by atoms with Crippen LogP contribution in [0.1, 0.15) is 28.3 Å². The van der Waals surface area contributed by atoms with E-state index >= 15 is 0 Å². The number of nitrogens with zero attached hydrogens (tertiary/aromatic N) is 3. The van der Waals surface area contributed by atoms with E-state index < -0.39 is 0 Å². The van der Waals surface area contributed by atoms with Crippen LogP contribution in [0.25, 0.3) is 12.2 Å². The average molecular weight is 586 g/mol. The third kappa shape index (κ3) is 5.35. The van der Waals surface area contributed by atoms with Gasteiger partial charge in [0.2, 0.25) is 0 Å². The lowest BCUT2D eigenvalue weighted by molar-refractivity contribution is 0.291. The monoisotopic (exact) mass is 585 g/mol. The Morgan fingerprint density at radius 2 is 1.43 bits per heavy atom. The second-order valence-corrected chi connectivity index (χ2v) is 12.1. The van der Waals surface area contributed by atoms with E-state index in [1.165, 1.54) is 16.9 Å². The number of hydrogen-bond acceptors (Lipinski definition) is 4. The van der Waals surface area contributed by atoms with Gasteiger partial charge in [-0.15, -0.1) is 0 Å². The van der Waals surface area contributed by atoms with Crippen LogP contribution < -0.4 is 14.9 Å². The van der Waals surface area contributed by atoms with Crippen LogP contribution in [-0.2, 0) is 6.54 Å². The molecule has 2 aliphatic heterocycles. The van der Waals surface area contributed by atoms with Crippen molar-refractivity contribution in [3.8, 4) is 0 Å². The van der Waals surface area contributed by atoms with Crippen LogP contribution >= 0.6 is 22.9 Å². The molecule has 1 unspecified atom stereocenters. The molecule has 0 amide bonds. The molecule has 5 aromatic rings. The molecule has 1 atom stereocenters. The number of hydrogen-bond donors (Lipinski definition) is 0. The Morgan fingerprint density at radius 1 is 0.786 bits per heavy atom. The summed E-state index contributed by atoms with van der Waals surface area (Å²) >= 11 is 7.56. The van der Waals surface area contributed by atoms with Crippen molar-refractivity contribution in [2.45, 2.75) is 12.6 Å². The van der Waals surface area contributed by atoms with Crippen LogP contribution in [-0.4, -0.2) is 22.6 Å². The van der Waals surface area contributed by atoms with Gasteiger partial charge in [0.25, 0.3) is 5.56 Å². The maximum absolute atomic E-state index is 14.1. The standard InChI is InChI=1S/C36H28ClN3OS/c37-30-18-16-26(17-19-30)21-32-35(41)40-34(28-14-8-3-9-15-28)31-24-39(22-27-12-6-2-7-13-27)23-29(33(31)38-36(40)42-32)20-25-10-4-1-5-11-25/h1-21,34H,22-24H2/b29-20+,32-21+. The van der Waals surface area contributed by atoms with Crippen molar-refractivity contribution in [3.63, 3.8) is 0 Å². The van der Waals surface area contributed by atoms with Crippen molar-refractivity contribution in [3.05, 3.63) is 179 Å². The van der Waals surface area contributed by atoms with E-state index in [2.05, 4.69) is 77.7 Å². The summed E-state index contributed by atoms with van der Waals surface area (Å²) in [4.78, 5) is 22.5. The number of halogens is 1. The normalized spacial score (nSPS) is 18.1. The van der Waals surface area contributed by atoms with Gasteiger partial charge in [0, 0.05) is 24.7 Å². The van der Waals surface area contributed by atoms with Crippen LogP contribution in [0.2, 0.25) is 5.02 Å². The highest BCUT2D eigenvalue weighted by atomic mass is 35.5. The molecule has 4 aromatic carbocycles. The van der Waals surface area contributed by atoms with Crippen LogP contribution in [0, 0.1) is 0 Å². The molecular weight excluding hydrogens is 558 g/mol. The highest BCUT2D eigenvalue weighted by Gasteiger charge is 2.34. The SMILES string of the molecule is O=c1/c(=C\c2ccc(Cl)cc2)sc2n1C(c1ccccc1)C1=C(N=2)/C(=C/c2ccccc2)CN(Cc2ccccc2)C1. The topological polar surface area (TPSA) is 37.6 Å². The molecule has 0 saturated heterocycles. The summed E-state index contributed by atoms with van der Waals surface area (Å²) in [7, 11) is 0. The fraction of sp³-hybridized carbons (Fsp3) is 0.111. The molecule has 0 N–H and O–H groups in total. The van der Waals surface area contributed by atoms with Gasteiger partial charge in [0.15, 0.2) is 4.80 Å². The zero-order valence-corrected chi connectivity index (χ0v) is 24.4.